The molecule has 3 atom stereocenters. The first-order chi connectivity index (χ1) is 27.5. The highest BCUT2D eigenvalue weighted by molar-refractivity contribution is 5.77. The van der Waals surface area contributed by atoms with Crippen LogP contribution in [-0.4, -0.2) is 46.9 Å². The van der Waals surface area contributed by atoms with Crippen molar-refractivity contribution >= 4 is 11.9 Å². The number of esters is 1. The third-order valence-corrected chi connectivity index (χ3v) is 11.9. The van der Waals surface area contributed by atoms with Gasteiger partial charge >= 0.3 is 5.97 Å². The van der Waals surface area contributed by atoms with E-state index in [9.17, 15) is 19.8 Å². The van der Waals surface area contributed by atoms with Crippen LogP contribution >= 0.6 is 0 Å². The summed E-state index contributed by atoms with van der Waals surface area (Å²) in [5.41, 5.74) is 0. The Morgan fingerprint density at radius 3 is 1.09 bits per heavy atom. The van der Waals surface area contributed by atoms with Crippen LogP contribution in [0.4, 0.5) is 0 Å². The number of amides is 1. The molecule has 0 saturated carbocycles. The molecular weight excluding hydrogens is 695 g/mol. The third kappa shape index (κ3) is 39.7. The minimum atomic E-state index is -0.778. The van der Waals surface area contributed by atoms with E-state index in [1.807, 2.05) is 0 Å². The van der Waals surface area contributed by atoms with Gasteiger partial charge in [0.2, 0.25) is 5.91 Å². The van der Waals surface area contributed by atoms with Gasteiger partial charge in [-0.05, 0) is 25.7 Å². The van der Waals surface area contributed by atoms with Gasteiger partial charge in [-0.1, -0.05) is 245 Å². The Kier molecular flexibility index (Phi) is 44.0. The van der Waals surface area contributed by atoms with E-state index in [4.69, 9.17) is 4.74 Å². The Morgan fingerprint density at radius 1 is 0.446 bits per heavy atom. The first kappa shape index (κ1) is 54.9. The van der Waals surface area contributed by atoms with Crippen LogP contribution in [0, 0.1) is 0 Å². The number of hydrogen-bond acceptors (Lipinski definition) is 5. The molecule has 334 valence electrons. The van der Waals surface area contributed by atoms with Gasteiger partial charge in [0.25, 0.3) is 0 Å². The maximum absolute atomic E-state index is 13.2. The molecule has 0 bridgehead atoms. The maximum atomic E-state index is 13.2. The van der Waals surface area contributed by atoms with Crippen molar-refractivity contribution < 1.29 is 24.5 Å². The summed E-state index contributed by atoms with van der Waals surface area (Å²) < 4.78 is 5.92. The summed E-state index contributed by atoms with van der Waals surface area (Å²) in [6, 6.07) is -0.691. The van der Waals surface area contributed by atoms with E-state index in [-0.39, 0.29) is 24.9 Å². The number of unbranched alkanes of at least 4 members (excludes halogenated alkanes) is 34. The van der Waals surface area contributed by atoms with Gasteiger partial charge in [0, 0.05) is 6.42 Å². The Labute approximate surface area is 349 Å². The molecule has 6 nitrogen and oxygen atoms in total. The van der Waals surface area contributed by atoms with E-state index in [2.05, 4.69) is 26.1 Å². The van der Waals surface area contributed by atoms with Gasteiger partial charge in [0.15, 0.2) is 0 Å². The molecule has 0 aliphatic heterocycles. The molecule has 0 saturated heterocycles. The molecular formula is C50H99NO5. The van der Waals surface area contributed by atoms with Gasteiger partial charge in [0.05, 0.1) is 25.2 Å². The molecule has 0 aliphatic carbocycles. The van der Waals surface area contributed by atoms with Crippen LogP contribution in [0.1, 0.15) is 284 Å². The number of nitrogens with one attached hydrogen (secondary N) is 1. The van der Waals surface area contributed by atoms with Crippen molar-refractivity contribution in [3.8, 4) is 0 Å². The number of hydrogen-bond donors (Lipinski definition) is 3. The van der Waals surface area contributed by atoms with Gasteiger partial charge in [-0.15, -0.1) is 0 Å². The highest BCUT2D eigenvalue weighted by atomic mass is 16.5. The van der Waals surface area contributed by atoms with E-state index in [1.54, 1.807) is 0 Å². The molecule has 0 aliphatic rings. The Bertz CT molecular complexity index is 806. The summed E-state index contributed by atoms with van der Waals surface area (Å²) in [6.45, 7) is 6.49. The molecule has 6 heteroatoms. The molecule has 0 aromatic rings. The summed E-state index contributed by atoms with van der Waals surface area (Å²) in [6.07, 6.45) is 47.3. The van der Waals surface area contributed by atoms with Crippen LogP contribution in [0.15, 0.2) is 0 Å². The van der Waals surface area contributed by atoms with Crippen molar-refractivity contribution in [3.05, 3.63) is 0 Å². The molecule has 0 heterocycles. The molecule has 3 unspecified atom stereocenters. The lowest BCUT2D eigenvalue weighted by molar-refractivity contribution is -0.151. The van der Waals surface area contributed by atoms with Gasteiger partial charge in [-0.2, -0.15) is 0 Å². The van der Waals surface area contributed by atoms with Crippen LogP contribution in [0.25, 0.3) is 0 Å². The van der Waals surface area contributed by atoms with Gasteiger partial charge < -0.3 is 20.3 Å². The van der Waals surface area contributed by atoms with Crippen LogP contribution < -0.4 is 5.32 Å². The molecule has 0 rings (SSSR count). The zero-order valence-electron chi connectivity index (χ0n) is 38.0. The lowest BCUT2D eigenvalue weighted by Crippen LogP contribution is -2.46. The van der Waals surface area contributed by atoms with E-state index < -0.39 is 18.2 Å². The summed E-state index contributed by atoms with van der Waals surface area (Å²) in [4.78, 5) is 26.0. The van der Waals surface area contributed by atoms with E-state index in [0.29, 0.717) is 19.3 Å². The first-order valence-corrected chi connectivity index (χ1v) is 25.3. The number of aliphatic hydroxyl groups is 2. The van der Waals surface area contributed by atoms with Crippen molar-refractivity contribution in [2.24, 2.45) is 0 Å². The predicted molar refractivity (Wildman–Crippen MR) is 241 cm³/mol. The zero-order chi connectivity index (χ0) is 41.0. The SMILES string of the molecule is CCCCCCCCCCCCCCCCCCC(CC(=O)NC(CO)C(O)CCCCCCCCCCCCCC)OC(=O)CCCCCCCCCCC. The minimum Gasteiger partial charge on any atom is -0.462 e. The lowest BCUT2D eigenvalue weighted by atomic mass is 10.0. The fourth-order valence-electron chi connectivity index (χ4n) is 8.08. The third-order valence-electron chi connectivity index (χ3n) is 11.9. The number of ether oxygens (including phenoxy) is 1. The lowest BCUT2D eigenvalue weighted by Gasteiger charge is -2.24. The number of aliphatic hydroxyl groups excluding tert-OH is 2. The summed E-state index contributed by atoms with van der Waals surface area (Å²) in [5, 5.41) is 23.7. The Hall–Kier alpha value is -1.14. The molecule has 0 radical (unpaired) electrons. The Balaban J connectivity index is 4.48. The molecule has 0 spiro atoms. The van der Waals surface area contributed by atoms with E-state index in [0.717, 1.165) is 44.9 Å². The van der Waals surface area contributed by atoms with Gasteiger partial charge in [-0.25, -0.2) is 0 Å². The molecule has 0 aromatic heterocycles. The highest BCUT2D eigenvalue weighted by Gasteiger charge is 2.24. The summed E-state index contributed by atoms with van der Waals surface area (Å²) >= 11 is 0. The second-order valence-corrected chi connectivity index (χ2v) is 17.6. The van der Waals surface area contributed by atoms with Crippen molar-refractivity contribution in [1.82, 2.24) is 5.32 Å². The first-order valence-electron chi connectivity index (χ1n) is 25.3. The quantitative estimate of drug-likeness (QED) is 0.0421. The predicted octanol–water partition coefficient (Wildman–Crippen LogP) is 14.8. The van der Waals surface area contributed by atoms with Crippen molar-refractivity contribution in [1.29, 1.82) is 0 Å². The van der Waals surface area contributed by atoms with E-state index in [1.165, 1.54) is 193 Å². The molecule has 0 fully saturated rings. The van der Waals surface area contributed by atoms with Crippen molar-refractivity contribution in [3.63, 3.8) is 0 Å². The fraction of sp³-hybridized carbons (Fsp3) is 0.960. The van der Waals surface area contributed by atoms with Crippen molar-refractivity contribution in [2.45, 2.75) is 302 Å². The smallest absolute Gasteiger partial charge is 0.306 e. The molecule has 3 N–H and O–H groups in total. The fourth-order valence-corrected chi connectivity index (χ4v) is 8.08. The second kappa shape index (κ2) is 45.0. The Morgan fingerprint density at radius 2 is 0.750 bits per heavy atom. The monoisotopic (exact) mass is 794 g/mol. The average molecular weight is 794 g/mol. The molecule has 1 amide bonds. The normalized spacial score (nSPS) is 13.2. The average Bonchev–Trinajstić information content (AvgIpc) is 3.19. The van der Waals surface area contributed by atoms with Crippen LogP contribution in [0.5, 0.6) is 0 Å². The summed E-state index contributed by atoms with van der Waals surface area (Å²) in [7, 11) is 0. The van der Waals surface area contributed by atoms with Crippen LogP contribution in [0.2, 0.25) is 0 Å². The number of carbonyl (C=O) groups is 2. The van der Waals surface area contributed by atoms with Crippen molar-refractivity contribution in [2.75, 3.05) is 6.61 Å². The number of rotatable bonds is 46. The second-order valence-electron chi connectivity index (χ2n) is 17.6. The number of carbonyl (C=O) groups excluding carboxylic acids is 2. The highest BCUT2D eigenvalue weighted by Crippen LogP contribution is 2.19. The van der Waals surface area contributed by atoms with Gasteiger partial charge in [-0.3, -0.25) is 9.59 Å². The standard InChI is InChI=1S/C50H99NO5/c1-4-7-10-13-16-19-21-23-24-25-26-27-30-32-35-38-41-46(56-50(55)43-40-37-34-29-18-15-12-9-6-3)44-49(54)51-47(45-52)48(53)42-39-36-33-31-28-22-20-17-14-11-8-5-2/h46-48,52-53H,4-45H2,1-3H3,(H,51,54). The zero-order valence-corrected chi connectivity index (χ0v) is 38.0. The van der Waals surface area contributed by atoms with Crippen LogP contribution in [0.3, 0.4) is 0 Å². The topological polar surface area (TPSA) is 95.9 Å². The minimum absolute atomic E-state index is 0.0874. The summed E-state index contributed by atoms with van der Waals surface area (Å²) in [5.74, 6) is -0.455. The largest absolute Gasteiger partial charge is 0.462 e. The molecule has 56 heavy (non-hydrogen) atoms. The van der Waals surface area contributed by atoms with E-state index >= 15 is 0 Å². The molecule has 0 aromatic carbocycles. The maximum Gasteiger partial charge on any atom is 0.306 e. The van der Waals surface area contributed by atoms with Gasteiger partial charge in [0.1, 0.15) is 6.10 Å². The van der Waals surface area contributed by atoms with Crippen LogP contribution in [-0.2, 0) is 14.3 Å².